The van der Waals surface area contributed by atoms with Crippen LogP contribution in [0.15, 0.2) is 59.8 Å². The van der Waals surface area contributed by atoms with E-state index in [1.165, 1.54) is 0 Å². The molecule has 5 heteroatoms. The molecule has 2 aliphatic rings. The summed E-state index contributed by atoms with van der Waals surface area (Å²) in [5, 5.41) is 0.849. The van der Waals surface area contributed by atoms with E-state index in [1.807, 2.05) is 42.5 Å². The Morgan fingerprint density at radius 2 is 1.68 bits per heavy atom. The highest BCUT2D eigenvalue weighted by Gasteiger charge is 2.44. The largest absolute Gasteiger partial charge is 0.294 e. The zero-order valence-corrected chi connectivity index (χ0v) is 17.3. The lowest BCUT2D eigenvalue weighted by Gasteiger charge is -2.43. The lowest BCUT2D eigenvalue weighted by molar-refractivity contribution is -0.121. The van der Waals surface area contributed by atoms with Gasteiger partial charge in [-0.1, -0.05) is 67.4 Å². The molecule has 1 amide bonds. The van der Waals surface area contributed by atoms with Crippen molar-refractivity contribution >= 4 is 40.6 Å². The molecule has 2 aromatic rings. The van der Waals surface area contributed by atoms with Gasteiger partial charge in [-0.05, 0) is 35.6 Å². The molecule has 0 radical (unpaired) electrons. The van der Waals surface area contributed by atoms with Gasteiger partial charge in [0.2, 0.25) is 5.91 Å². The second kappa shape index (κ2) is 7.06. The second-order valence-electron chi connectivity index (χ2n) is 8.27. The molecule has 0 bridgehead atoms. The summed E-state index contributed by atoms with van der Waals surface area (Å²) in [6.07, 6.45) is 1.31. The van der Waals surface area contributed by atoms with Crippen LogP contribution in [-0.2, 0) is 9.59 Å². The van der Waals surface area contributed by atoms with Crippen molar-refractivity contribution in [3.05, 3.63) is 75.4 Å². The number of amides is 1. The SMILES string of the molecule is CC1(C)CC(=O)C2=C(C1)N(c1ccccc1)C(=O)C[C@@H]2c1cccc(Cl)c1Cl. The maximum absolute atomic E-state index is 13.3. The van der Waals surface area contributed by atoms with Crippen LogP contribution in [0.25, 0.3) is 0 Å². The molecule has 0 unspecified atom stereocenters. The highest BCUT2D eigenvalue weighted by Crippen LogP contribution is 2.49. The van der Waals surface area contributed by atoms with Crippen molar-refractivity contribution in [3.8, 4) is 0 Å². The summed E-state index contributed by atoms with van der Waals surface area (Å²) in [6.45, 7) is 4.14. The lowest BCUT2D eigenvalue weighted by Crippen LogP contribution is -2.43. The number of hydrogen-bond acceptors (Lipinski definition) is 2. The fraction of sp³-hybridized carbons (Fsp3) is 0.304. The molecule has 1 atom stereocenters. The van der Waals surface area contributed by atoms with Crippen LogP contribution in [0.3, 0.4) is 0 Å². The molecule has 2 aromatic carbocycles. The predicted octanol–water partition coefficient (Wildman–Crippen LogP) is 6.16. The fourth-order valence-corrected chi connectivity index (χ4v) is 4.79. The Bertz CT molecular complexity index is 995. The lowest BCUT2D eigenvalue weighted by atomic mass is 9.69. The van der Waals surface area contributed by atoms with Gasteiger partial charge >= 0.3 is 0 Å². The van der Waals surface area contributed by atoms with Crippen molar-refractivity contribution < 1.29 is 9.59 Å². The third-order valence-electron chi connectivity index (χ3n) is 5.51. The van der Waals surface area contributed by atoms with Gasteiger partial charge < -0.3 is 0 Å². The number of hydrogen-bond donors (Lipinski definition) is 0. The topological polar surface area (TPSA) is 37.4 Å². The number of halogens is 2. The summed E-state index contributed by atoms with van der Waals surface area (Å²) in [4.78, 5) is 28.2. The van der Waals surface area contributed by atoms with Gasteiger partial charge in [0.05, 0.1) is 10.0 Å². The van der Waals surface area contributed by atoms with E-state index in [1.54, 1.807) is 11.0 Å². The Kier molecular flexibility index (Phi) is 4.84. The Hall–Kier alpha value is -2.10. The van der Waals surface area contributed by atoms with Crippen molar-refractivity contribution in [2.45, 2.75) is 39.0 Å². The molecular weight excluding hydrogens is 393 g/mol. The zero-order chi connectivity index (χ0) is 20.1. The van der Waals surface area contributed by atoms with Crippen LogP contribution in [0, 0.1) is 5.41 Å². The standard InChI is InChI=1S/C23H21Cl2NO2/c1-23(2)12-18-21(19(27)13-23)16(15-9-6-10-17(24)22(15)25)11-20(28)26(18)14-7-4-3-5-8-14/h3-10,16H,11-13H2,1-2H3/t16-/m1/s1. The summed E-state index contributed by atoms with van der Waals surface area (Å²) < 4.78 is 0. The molecule has 0 fully saturated rings. The average molecular weight is 414 g/mol. The van der Waals surface area contributed by atoms with Crippen molar-refractivity contribution in [2.75, 3.05) is 4.90 Å². The number of carbonyl (C=O) groups is 2. The minimum absolute atomic E-state index is 0.0310. The molecule has 1 aliphatic heterocycles. The number of anilines is 1. The van der Waals surface area contributed by atoms with Crippen molar-refractivity contribution in [2.24, 2.45) is 5.41 Å². The Balaban J connectivity index is 1.93. The predicted molar refractivity (Wildman–Crippen MR) is 113 cm³/mol. The maximum atomic E-state index is 13.3. The smallest absolute Gasteiger partial charge is 0.232 e. The van der Waals surface area contributed by atoms with Crippen LogP contribution in [0.2, 0.25) is 10.0 Å². The van der Waals surface area contributed by atoms with E-state index in [9.17, 15) is 9.59 Å². The molecule has 0 N–H and O–H groups in total. The van der Waals surface area contributed by atoms with Crippen LogP contribution in [0.5, 0.6) is 0 Å². The number of rotatable bonds is 2. The number of nitrogens with zero attached hydrogens (tertiary/aromatic N) is 1. The van der Waals surface area contributed by atoms with Gasteiger partial charge in [0.1, 0.15) is 0 Å². The molecule has 1 heterocycles. The molecule has 1 aliphatic carbocycles. The van der Waals surface area contributed by atoms with E-state index < -0.39 is 0 Å². The number of ketones is 1. The highest BCUT2D eigenvalue weighted by molar-refractivity contribution is 6.42. The summed E-state index contributed by atoms with van der Waals surface area (Å²) in [5.41, 5.74) is 2.83. The van der Waals surface area contributed by atoms with E-state index in [0.29, 0.717) is 28.5 Å². The molecule has 0 saturated heterocycles. The molecule has 0 saturated carbocycles. The average Bonchev–Trinajstić information content (AvgIpc) is 2.63. The fourth-order valence-electron chi connectivity index (χ4n) is 4.35. The Morgan fingerprint density at radius 1 is 0.964 bits per heavy atom. The molecule has 144 valence electrons. The molecular formula is C23H21Cl2NO2. The highest BCUT2D eigenvalue weighted by atomic mass is 35.5. The summed E-state index contributed by atoms with van der Waals surface area (Å²) >= 11 is 12.7. The molecule has 0 aromatic heterocycles. The minimum atomic E-state index is -0.364. The first-order valence-corrected chi connectivity index (χ1v) is 10.1. The Labute approximate surface area is 174 Å². The van der Waals surface area contributed by atoms with Crippen LogP contribution in [0.1, 0.15) is 44.6 Å². The van der Waals surface area contributed by atoms with Gasteiger partial charge in [0.15, 0.2) is 5.78 Å². The summed E-state index contributed by atoms with van der Waals surface area (Å²) in [6, 6.07) is 14.9. The molecule has 4 rings (SSSR count). The van der Waals surface area contributed by atoms with Crippen molar-refractivity contribution in [3.63, 3.8) is 0 Å². The van der Waals surface area contributed by atoms with Crippen molar-refractivity contribution in [1.82, 2.24) is 0 Å². The number of allylic oxidation sites excluding steroid dienone is 2. The normalized spacial score (nSPS) is 21.7. The number of benzene rings is 2. The van der Waals surface area contributed by atoms with Crippen LogP contribution in [-0.4, -0.2) is 11.7 Å². The molecule has 3 nitrogen and oxygen atoms in total. The van der Waals surface area contributed by atoms with E-state index in [2.05, 4.69) is 13.8 Å². The van der Waals surface area contributed by atoms with Crippen LogP contribution >= 0.6 is 23.2 Å². The first-order valence-electron chi connectivity index (χ1n) is 9.37. The first-order chi connectivity index (χ1) is 13.3. The van der Waals surface area contributed by atoms with E-state index in [0.717, 1.165) is 16.9 Å². The minimum Gasteiger partial charge on any atom is -0.294 e. The second-order valence-corrected chi connectivity index (χ2v) is 9.05. The van der Waals surface area contributed by atoms with Gasteiger partial charge in [0, 0.05) is 35.7 Å². The van der Waals surface area contributed by atoms with Gasteiger partial charge in [-0.15, -0.1) is 0 Å². The van der Waals surface area contributed by atoms with Crippen molar-refractivity contribution in [1.29, 1.82) is 0 Å². The molecule has 0 spiro atoms. The first kappa shape index (κ1) is 19.2. The van der Waals surface area contributed by atoms with Gasteiger partial charge in [-0.2, -0.15) is 0 Å². The van der Waals surface area contributed by atoms with E-state index in [4.69, 9.17) is 23.2 Å². The van der Waals surface area contributed by atoms with E-state index >= 15 is 0 Å². The quantitative estimate of drug-likeness (QED) is 0.591. The third-order valence-corrected chi connectivity index (χ3v) is 6.35. The van der Waals surface area contributed by atoms with Gasteiger partial charge in [0.25, 0.3) is 0 Å². The zero-order valence-electron chi connectivity index (χ0n) is 15.8. The summed E-state index contributed by atoms with van der Waals surface area (Å²) in [7, 11) is 0. The van der Waals surface area contributed by atoms with Gasteiger partial charge in [-0.3, -0.25) is 14.5 Å². The summed E-state index contributed by atoms with van der Waals surface area (Å²) in [5.74, 6) is -0.311. The monoisotopic (exact) mass is 413 g/mol. The Morgan fingerprint density at radius 3 is 2.39 bits per heavy atom. The number of Topliss-reactive ketones (excluding diaryl/α,β-unsaturated/α-hetero) is 1. The molecule has 28 heavy (non-hydrogen) atoms. The van der Waals surface area contributed by atoms with E-state index in [-0.39, 0.29) is 29.4 Å². The maximum Gasteiger partial charge on any atom is 0.232 e. The van der Waals surface area contributed by atoms with Gasteiger partial charge in [-0.25, -0.2) is 0 Å². The van der Waals surface area contributed by atoms with Crippen LogP contribution < -0.4 is 4.90 Å². The third kappa shape index (κ3) is 3.27. The number of para-hydroxylation sites is 1. The number of carbonyl (C=O) groups excluding carboxylic acids is 2. The van der Waals surface area contributed by atoms with Crippen LogP contribution in [0.4, 0.5) is 5.69 Å².